The van der Waals surface area contributed by atoms with Gasteiger partial charge in [-0.2, -0.15) is 0 Å². The van der Waals surface area contributed by atoms with Crippen molar-refractivity contribution in [2.45, 2.75) is 0 Å². The van der Waals surface area contributed by atoms with Gasteiger partial charge in [-0.05, 0) is 102 Å². The van der Waals surface area contributed by atoms with Gasteiger partial charge in [-0.25, -0.2) is 0 Å². The van der Waals surface area contributed by atoms with Crippen molar-refractivity contribution in [3.63, 3.8) is 0 Å². The molecule has 0 saturated carbocycles. The molecule has 0 aliphatic heterocycles. The number of para-hydroxylation sites is 1. The summed E-state index contributed by atoms with van der Waals surface area (Å²) in [6.07, 6.45) is 0. The maximum absolute atomic E-state index is 2.45. The van der Waals surface area contributed by atoms with Gasteiger partial charge in [-0.1, -0.05) is 176 Å². The van der Waals surface area contributed by atoms with Gasteiger partial charge in [0.25, 0.3) is 0 Å². The molecule has 1 nitrogen and oxygen atoms in total. The van der Waals surface area contributed by atoms with Gasteiger partial charge in [0.05, 0.1) is 11.4 Å². The highest BCUT2D eigenvalue weighted by atomic mass is 15.1. The molecule has 1 heteroatoms. The van der Waals surface area contributed by atoms with Crippen LogP contribution in [-0.4, -0.2) is 0 Å². The number of fused-ring (bicyclic) bond motifs is 5. The topological polar surface area (TPSA) is 3.24 Å². The molecule has 0 heterocycles. The zero-order valence-corrected chi connectivity index (χ0v) is 29.2. The van der Waals surface area contributed by atoms with Crippen molar-refractivity contribution in [2.75, 3.05) is 4.90 Å². The maximum atomic E-state index is 2.45. The summed E-state index contributed by atoms with van der Waals surface area (Å²) in [5.74, 6) is 0. The minimum absolute atomic E-state index is 1.10. The smallest absolute Gasteiger partial charge is 0.0540 e. The first kappa shape index (κ1) is 30.8. The predicted molar refractivity (Wildman–Crippen MR) is 227 cm³/mol. The summed E-state index contributed by atoms with van der Waals surface area (Å²) < 4.78 is 0. The molecule has 0 radical (unpaired) electrons. The van der Waals surface area contributed by atoms with Crippen molar-refractivity contribution in [3.8, 4) is 33.4 Å². The van der Waals surface area contributed by atoms with Gasteiger partial charge < -0.3 is 4.90 Å². The van der Waals surface area contributed by atoms with Crippen molar-refractivity contribution < 1.29 is 0 Å². The van der Waals surface area contributed by atoms with Crippen molar-refractivity contribution in [2.24, 2.45) is 0 Å². The van der Waals surface area contributed by atoms with E-state index in [1.54, 1.807) is 0 Å². The van der Waals surface area contributed by atoms with Gasteiger partial charge in [-0.3, -0.25) is 0 Å². The summed E-state index contributed by atoms with van der Waals surface area (Å²) in [6, 6.07) is 77.3. The minimum Gasteiger partial charge on any atom is -0.309 e. The molecule has 10 aromatic carbocycles. The van der Waals surface area contributed by atoms with Crippen molar-refractivity contribution in [3.05, 3.63) is 212 Å². The lowest BCUT2D eigenvalue weighted by atomic mass is 9.93. The van der Waals surface area contributed by atoms with Crippen LogP contribution in [0.3, 0.4) is 0 Å². The van der Waals surface area contributed by atoms with Gasteiger partial charge in [0, 0.05) is 16.6 Å². The van der Waals surface area contributed by atoms with Crippen LogP contribution in [0.15, 0.2) is 212 Å². The van der Waals surface area contributed by atoms with E-state index in [-0.39, 0.29) is 0 Å². The van der Waals surface area contributed by atoms with Crippen LogP contribution >= 0.6 is 0 Å². The van der Waals surface area contributed by atoms with Crippen LogP contribution in [0.25, 0.3) is 76.5 Å². The van der Waals surface area contributed by atoms with Crippen LogP contribution in [0, 0.1) is 0 Å². The van der Waals surface area contributed by atoms with Gasteiger partial charge in [0.15, 0.2) is 0 Å². The average molecular weight is 674 g/mol. The molecule has 0 fully saturated rings. The van der Waals surface area contributed by atoms with E-state index < -0.39 is 0 Å². The summed E-state index contributed by atoms with van der Waals surface area (Å²) in [6.45, 7) is 0. The van der Waals surface area contributed by atoms with E-state index in [1.165, 1.54) is 76.5 Å². The predicted octanol–water partition coefficient (Wildman–Crippen LogP) is 14.8. The van der Waals surface area contributed by atoms with Crippen molar-refractivity contribution >= 4 is 60.2 Å². The molecule has 0 spiro atoms. The summed E-state index contributed by atoms with van der Waals surface area (Å²) in [5, 5.41) is 9.98. The van der Waals surface area contributed by atoms with Crippen molar-refractivity contribution in [1.82, 2.24) is 0 Å². The van der Waals surface area contributed by atoms with Crippen LogP contribution in [0.5, 0.6) is 0 Å². The SMILES string of the molecule is c1ccc(-c2cccc3c(N(c4ccc(-c5cc6ccccc6c6ccccc56)cc4)c4ccccc4-c4ccc5ccccc5c4)cccc23)cc1. The van der Waals surface area contributed by atoms with E-state index in [4.69, 9.17) is 0 Å². The Kier molecular flexibility index (Phi) is 7.55. The maximum Gasteiger partial charge on any atom is 0.0540 e. The molecule has 0 aliphatic rings. The Labute approximate surface area is 309 Å². The molecule has 0 saturated heterocycles. The summed E-state index contributed by atoms with van der Waals surface area (Å²) in [5.41, 5.74) is 10.6. The Hall–Kier alpha value is -6.96. The lowest BCUT2D eigenvalue weighted by Gasteiger charge is -2.29. The van der Waals surface area contributed by atoms with E-state index in [0.717, 1.165) is 17.1 Å². The molecule has 0 atom stereocenters. The fraction of sp³-hybridized carbons (Fsp3) is 0. The molecular formula is C52H35N. The Bertz CT molecular complexity index is 2940. The van der Waals surface area contributed by atoms with Gasteiger partial charge in [0.2, 0.25) is 0 Å². The zero-order chi connectivity index (χ0) is 35.1. The monoisotopic (exact) mass is 673 g/mol. The Morgan fingerprint density at radius 2 is 0.792 bits per heavy atom. The third-order valence-electron chi connectivity index (χ3n) is 10.6. The lowest BCUT2D eigenvalue weighted by molar-refractivity contribution is 1.30. The van der Waals surface area contributed by atoms with Crippen molar-refractivity contribution in [1.29, 1.82) is 0 Å². The highest BCUT2D eigenvalue weighted by molar-refractivity contribution is 6.14. The molecule has 0 unspecified atom stereocenters. The number of benzene rings is 10. The quantitative estimate of drug-likeness (QED) is 0.159. The molecule has 53 heavy (non-hydrogen) atoms. The number of anilines is 3. The van der Waals surface area contributed by atoms with Crippen LogP contribution in [0.4, 0.5) is 17.1 Å². The minimum atomic E-state index is 1.10. The summed E-state index contributed by atoms with van der Waals surface area (Å²) >= 11 is 0. The average Bonchev–Trinajstić information content (AvgIpc) is 3.24. The number of hydrogen-bond acceptors (Lipinski definition) is 1. The first-order valence-electron chi connectivity index (χ1n) is 18.3. The van der Waals surface area contributed by atoms with Crippen LogP contribution in [0.2, 0.25) is 0 Å². The molecule has 0 amide bonds. The van der Waals surface area contributed by atoms with Gasteiger partial charge in [-0.15, -0.1) is 0 Å². The fourth-order valence-corrected chi connectivity index (χ4v) is 8.12. The molecule has 0 aromatic heterocycles. The Morgan fingerprint density at radius 3 is 1.64 bits per heavy atom. The summed E-state index contributed by atoms with van der Waals surface area (Å²) in [4.78, 5) is 2.45. The molecule has 0 N–H and O–H groups in total. The number of hydrogen-bond donors (Lipinski definition) is 0. The zero-order valence-electron chi connectivity index (χ0n) is 29.2. The third kappa shape index (κ3) is 5.42. The lowest BCUT2D eigenvalue weighted by Crippen LogP contribution is -2.11. The van der Waals surface area contributed by atoms with E-state index in [0.29, 0.717) is 0 Å². The fourth-order valence-electron chi connectivity index (χ4n) is 8.12. The molecule has 0 aliphatic carbocycles. The second-order valence-electron chi connectivity index (χ2n) is 13.7. The molecule has 0 bridgehead atoms. The van der Waals surface area contributed by atoms with Crippen LogP contribution < -0.4 is 4.90 Å². The summed E-state index contributed by atoms with van der Waals surface area (Å²) in [7, 11) is 0. The van der Waals surface area contributed by atoms with E-state index in [9.17, 15) is 0 Å². The Balaban J connectivity index is 1.19. The largest absolute Gasteiger partial charge is 0.309 e. The second-order valence-corrected chi connectivity index (χ2v) is 13.7. The van der Waals surface area contributed by atoms with Gasteiger partial charge >= 0.3 is 0 Å². The highest BCUT2D eigenvalue weighted by Gasteiger charge is 2.20. The molecule has 248 valence electrons. The first-order valence-corrected chi connectivity index (χ1v) is 18.3. The normalized spacial score (nSPS) is 11.4. The second kappa shape index (κ2) is 13.0. The van der Waals surface area contributed by atoms with E-state index >= 15 is 0 Å². The van der Waals surface area contributed by atoms with Crippen LogP contribution in [-0.2, 0) is 0 Å². The highest BCUT2D eigenvalue weighted by Crippen LogP contribution is 2.46. The molecule has 10 aromatic rings. The third-order valence-corrected chi connectivity index (χ3v) is 10.6. The van der Waals surface area contributed by atoms with Crippen LogP contribution in [0.1, 0.15) is 0 Å². The standard InChI is InChI=1S/C52H35N/c1-2-15-37(16-3-1)43-23-12-25-49-47(43)24-13-27-52(49)53(51-26-11-10-20-45(51)41-29-28-36-14-4-5-17-39(36)34-41)42-32-30-38(31-33-42)50-35-40-18-6-7-19-44(40)46-21-8-9-22-48(46)50/h1-35H. The first-order chi connectivity index (χ1) is 26.3. The van der Waals surface area contributed by atoms with E-state index in [1.807, 2.05) is 0 Å². The Morgan fingerprint density at radius 1 is 0.245 bits per heavy atom. The van der Waals surface area contributed by atoms with Gasteiger partial charge in [0.1, 0.15) is 0 Å². The van der Waals surface area contributed by atoms with E-state index in [2.05, 4.69) is 217 Å². The molecular weight excluding hydrogens is 639 g/mol. The number of nitrogens with zero attached hydrogens (tertiary/aromatic N) is 1. The number of rotatable bonds is 6. The molecule has 10 rings (SSSR count).